The number of nitrogens with one attached hydrogen (secondary N) is 2. The van der Waals surface area contributed by atoms with E-state index in [0.29, 0.717) is 48.1 Å². The Labute approximate surface area is 217 Å². The van der Waals surface area contributed by atoms with Crippen molar-refractivity contribution in [2.75, 3.05) is 33.4 Å². The molecule has 0 saturated carbocycles. The van der Waals surface area contributed by atoms with Gasteiger partial charge in [0, 0.05) is 23.0 Å². The number of likely N-dealkylation sites (tertiary alicyclic amines) is 1. The number of ether oxygens (including phenoxy) is 2. The van der Waals surface area contributed by atoms with Crippen molar-refractivity contribution in [1.29, 1.82) is 0 Å². The van der Waals surface area contributed by atoms with Crippen LogP contribution in [0.1, 0.15) is 24.2 Å². The summed E-state index contributed by atoms with van der Waals surface area (Å²) < 4.78 is 47.2. The summed E-state index contributed by atoms with van der Waals surface area (Å²) in [5.74, 6) is -4.82. The van der Waals surface area contributed by atoms with Crippen molar-refractivity contribution in [3.63, 3.8) is 0 Å². The summed E-state index contributed by atoms with van der Waals surface area (Å²) >= 11 is 5.97. The molecule has 0 spiro atoms. The van der Waals surface area contributed by atoms with Gasteiger partial charge in [-0.25, -0.2) is 0 Å². The largest absolute Gasteiger partial charge is 0.486 e. The first-order valence-corrected chi connectivity index (χ1v) is 12.5. The number of hydroxylamine groups is 1. The molecule has 1 amide bonds. The van der Waals surface area contributed by atoms with Crippen LogP contribution in [0.5, 0.6) is 11.5 Å². The van der Waals surface area contributed by atoms with E-state index in [0.717, 1.165) is 31.0 Å². The van der Waals surface area contributed by atoms with E-state index >= 15 is 8.78 Å². The number of rotatable bonds is 9. The molecule has 0 aliphatic carbocycles. The smallest absolute Gasteiger partial charge is 0.380 e. The summed E-state index contributed by atoms with van der Waals surface area (Å²) in [6.07, 6.45) is 2.00. The normalized spacial score (nSPS) is 18.8. The molecule has 198 valence electrons. The second kappa shape index (κ2) is 10.8. The lowest BCUT2D eigenvalue weighted by atomic mass is 10.0. The van der Waals surface area contributed by atoms with Gasteiger partial charge in [0.25, 0.3) is 5.91 Å². The molecule has 11 heteroatoms. The van der Waals surface area contributed by atoms with Crippen molar-refractivity contribution in [3.8, 4) is 11.5 Å². The fraction of sp³-hybridized carbons (Fsp3) is 0.423. The van der Waals surface area contributed by atoms with Crippen molar-refractivity contribution in [2.45, 2.75) is 37.4 Å². The zero-order valence-corrected chi connectivity index (χ0v) is 21.0. The number of halogens is 3. The van der Waals surface area contributed by atoms with Gasteiger partial charge in [-0.15, -0.1) is 0 Å². The molecule has 37 heavy (non-hydrogen) atoms. The van der Waals surface area contributed by atoms with Crippen molar-refractivity contribution in [3.05, 3.63) is 58.8 Å². The van der Waals surface area contributed by atoms with Crippen LogP contribution < -0.4 is 20.3 Å². The second-order valence-electron chi connectivity index (χ2n) is 9.19. The Morgan fingerprint density at radius 2 is 2.00 bits per heavy atom. The van der Waals surface area contributed by atoms with Gasteiger partial charge in [0.05, 0.1) is 13.3 Å². The highest BCUT2D eigenvalue weighted by molar-refractivity contribution is 6.31. The van der Waals surface area contributed by atoms with Crippen LogP contribution in [0.15, 0.2) is 46.9 Å². The summed E-state index contributed by atoms with van der Waals surface area (Å²) in [5, 5.41) is 3.35. The molecule has 2 aromatic carbocycles. The topological polar surface area (TPSA) is 85.2 Å². The molecule has 1 saturated heterocycles. The number of carbonyl (C=O) groups is 1. The number of furan rings is 1. The van der Waals surface area contributed by atoms with E-state index in [9.17, 15) is 4.79 Å². The lowest BCUT2D eigenvalue weighted by Gasteiger charge is -2.30. The Morgan fingerprint density at radius 3 is 2.81 bits per heavy atom. The van der Waals surface area contributed by atoms with Crippen molar-refractivity contribution in [2.24, 2.45) is 0 Å². The fourth-order valence-corrected chi connectivity index (χ4v) is 5.00. The van der Waals surface area contributed by atoms with Crippen molar-refractivity contribution in [1.82, 2.24) is 15.7 Å². The minimum atomic E-state index is -3.88. The summed E-state index contributed by atoms with van der Waals surface area (Å²) in [4.78, 5) is 20.1. The fourth-order valence-electron chi connectivity index (χ4n) is 4.81. The third kappa shape index (κ3) is 5.67. The quantitative estimate of drug-likeness (QED) is 0.396. The minimum Gasteiger partial charge on any atom is -0.486 e. The molecule has 3 heterocycles. The Balaban J connectivity index is 1.37. The van der Waals surface area contributed by atoms with Crippen LogP contribution in [0.2, 0.25) is 5.02 Å². The van der Waals surface area contributed by atoms with Gasteiger partial charge in [0.2, 0.25) is 0 Å². The van der Waals surface area contributed by atoms with Crippen LogP contribution in [0.4, 0.5) is 8.78 Å². The maximum Gasteiger partial charge on any atom is 0.380 e. The van der Waals surface area contributed by atoms with Gasteiger partial charge in [-0.05, 0) is 67.8 Å². The SMILES string of the molecule is CONC1CCCN1CC(Cc1ccc2c(c1)OCCO2)NC(=O)C(F)(F)c1cc2cc(Cl)ccc2o1. The standard InChI is InChI=1S/C26H28ClF2N3O5/c1-34-31-24-3-2-8-32(24)15-19(11-16-4-6-21-22(12-16)36-10-9-35-21)30-25(33)26(28,29)23-14-17-13-18(27)5-7-20(17)37-23/h4-7,12-14,19,24,31H,2-3,8-11,15H2,1H3,(H,30,33). The lowest BCUT2D eigenvalue weighted by Crippen LogP contribution is -2.52. The molecule has 2 aliphatic rings. The number of hydrogen-bond acceptors (Lipinski definition) is 7. The van der Waals surface area contributed by atoms with Crippen molar-refractivity contribution >= 4 is 28.5 Å². The molecule has 0 bridgehead atoms. The van der Waals surface area contributed by atoms with Crippen LogP contribution in [-0.4, -0.2) is 56.4 Å². The summed E-state index contributed by atoms with van der Waals surface area (Å²) in [5.41, 5.74) is 3.99. The highest BCUT2D eigenvalue weighted by Gasteiger charge is 2.45. The van der Waals surface area contributed by atoms with E-state index in [2.05, 4.69) is 15.7 Å². The molecule has 1 fully saturated rings. The zero-order valence-electron chi connectivity index (χ0n) is 20.3. The molecule has 2 aliphatic heterocycles. The number of benzene rings is 2. The van der Waals surface area contributed by atoms with E-state index in [1.165, 1.54) is 19.2 Å². The maximum absolute atomic E-state index is 15.3. The predicted octanol–water partition coefficient (Wildman–Crippen LogP) is 4.25. The first-order valence-electron chi connectivity index (χ1n) is 12.1. The van der Waals surface area contributed by atoms with Gasteiger partial charge in [0.15, 0.2) is 17.3 Å². The summed E-state index contributed by atoms with van der Waals surface area (Å²) in [7, 11) is 1.53. The summed E-state index contributed by atoms with van der Waals surface area (Å²) in [6.45, 7) is 1.99. The summed E-state index contributed by atoms with van der Waals surface area (Å²) in [6, 6.07) is 10.5. The number of nitrogens with zero attached hydrogens (tertiary/aromatic N) is 1. The number of alkyl halides is 2. The van der Waals surface area contributed by atoms with E-state index in [1.807, 2.05) is 12.1 Å². The molecule has 0 radical (unpaired) electrons. The number of hydrogen-bond donors (Lipinski definition) is 2. The van der Waals surface area contributed by atoms with Gasteiger partial charge < -0.3 is 24.0 Å². The van der Waals surface area contributed by atoms with E-state index in [-0.39, 0.29) is 11.7 Å². The minimum absolute atomic E-state index is 0.0784. The first kappa shape index (κ1) is 25.7. The highest BCUT2D eigenvalue weighted by Crippen LogP contribution is 2.35. The average Bonchev–Trinajstić information content (AvgIpc) is 3.51. The predicted molar refractivity (Wildman–Crippen MR) is 133 cm³/mol. The van der Waals surface area contributed by atoms with Gasteiger partial charge in [0.1, 0.15) is 18.8 Å². The van der Waals surface area contributed by atoms with Crippen LogP contribution in [0.25, 0.3) is 11.0 Å². The van der Waals surface area contributed by atoms with Gasteiger partial charge >= 0.3 is 5.92 Å². The van der Waals surface area contributed by atoms with Gasteiger partial charge in [-0.3, -0.25) is 9.69 Å². The Hall–Kier alpha value is -2.92. The van der Waals surface area contributed by atoms with E-state index in [4.69, 9.17) is 30.3 Å². The molecule has 3 aromatic rings. The number of fused-ring (bicyclic) bond motifs is 2. The Bertz CT molecular complexity index is 1270. The third-order valence-corrected chi connectivity index (χ3v) is 6.80. The van der Waals surface area contributed by atoms with Crippen LogP contribution in [-0.2, 0) is 22.0 Å². The highest BCUT2D eigenvalue weighted by atomic mass is 35.5. The van der Waals surface area contributed by atoms with Gasteiger partial charge in [-0.2, -0.15) is 14.3 Å². The second-order valence-corrected chi connectivity index (χ2v) is 9.63. The molecule has 2 N–H and O–H groups in total. The molecule has 2 unspecified atom stereocenters. The van der Waals surface area contributed by atoms with Crippen molar-refractivity contribution < 1.29 is 32.3 Å². The van der Waals surface area contributed by atoms with Crippen LogP contribution >= 0.6 is 11.6 Å². The van der Waals surface area contributed by atoms with Gasteiger partial charge in [-0.1, -0.05) is 17.7 Å². The number of amides is 1. The van der Waals surface area contributed by atoms with E-state index in [1.54, 1.807) is 12.1 Å². The first-order chi connectivity index (χ1) is 17.8. The Kier molecular flexibility index (Phi) is 7.52. The molecular weight excluding hydrogens is 508 g/mol. The molecule has 8 nitrogen and oxygen atoms in total. The lowest BCUT2D eigenvalue weighted by molar-refractivity contribution is -0.150. The van der Waals surface area contributed by atoms with Crippen LogP contribution in [0.3, 0.4) is 0 Å². The maximum atomic E-state index is 15.3. The molecule has 5 rings (SSSR count). The molecule has 2 atom stereocenters. The molecular formula is C26H28ClF2N3O5. The van der Waals surface area contributed by atoms with Crippen LogP contribution in [0, 0.1) is 0 Å². The zero-order chi connectivity index (χ0) is 26.0. The Morgan fingerprint density at radius 1 is 1.19 bits per heavy atom. The molecule has 1 aromatic heterocycles. The number of carbonyl (C=O) groups excluding carboxylic acids is 1. The monoisotopic (exact) mass is 535 g/mol. The van der Waals surface area contributed by atoms with E-state index < -0.39 is 23.6 Å². The third-order valence-electron chi connectivity index (χ3n) is 6.57. The average molecular weight is 536 g/mol.